The average molecular weight is 318 g/mol. The van der Waals surface area contributed by atoms with Crippen molar-refractivity contribution in [2.45, 2.75) is 24.9 Å². The van der Waals surface area contributed by atoms with Crippen LogP contribution in [0.4, 0.5) is 26.3 Å². The van der Waals surface area contributed by atoms with Crippen LogP contribution in [-0.2, 0) is 18.4 Å². The van der Waals surface area contributed by atoms with Crippen LogP contribution in [0.25, 0.3) is 0 Å². The van der Waals surface area contributed by atoms with Crippen LogP contribution in [0.2, 0.25) is 0 Å². The van der Waals surface area contributed by atoms with Crippen molar-refractivity contribution in [3.63, 3.8) is 0 Å². The molecule has 12 heteroatoms. The van der Waals surface area contributed by atoms with Crippen molar-refractivity contribution in [1.29, 1.82) is 0 Å². The topological polar surface area (TPSA) is 72.8 Å². The van der Waals surface area contributed by atoms with E-state index >= 15 is 0 Å². The second kappa shape index (κ2) is 6.10. The first-order valence-electron chi connectivity index (χ1n) is 4.52. The number of alkyl halides is 6. The third kappa shape index (κ3) is 7.38. The fourth-order valence-corrected chi connectivity index (χ4v) is 2.17. The lowest BCUT2D eigenvalue weighted by Gasteiger charge is -2.22. The molecule has 1 N–H and O–H groups in total. The summed E-state index contributed by atoms with van der Waals surface area (Å²) in [5.41, 5.74) is -2.17. The zero-order valence-electron chi connectivity index (χ0n) is 9.29. The molecule has 114 valence electrons. The summed E-state index contributed by atoms with van der Waals surface area (Å²) in [7, 11) is -5.10. The van der Waals surface area contributed by atoms with Gasteiger partial charge in [0.1, 0.15) is 0 Å². The van der Waals surface area contributed by atoms with Crippen LogP contribution < -0.4 is 0 Å². The van der Waals surface area contributed by atoms with E-state index in [0.717, 1.165) is 0 Å². The van der Waals surface area contributed by atoms with Gasteiger partial charge in [0, 0.05) is 0 Å². The summed E-state index contributed by atoms with van der Waals surface area (Å²) in [5.74, 6) is -1.91. The summed E-state index contributed by atoms with van der Waals surface area (Å²) >= 11 is 0. The summed E-state index contributed by atoms with van der Waals surface area (Å²) in [5, 5.41) is 8.48. The van der Waals surface area contributed by atoms with Crippen LogP contribution in [0.3, 0.4) is 0 Å². The molecular weight excluding hydrogens is 309 g/mol. The molecular formula is C7H9F6O5P. The molecule has 0 aliphatic carbocycles. The minimum absolute atomic E-state index is 0.621. The van der Waals surface area contributed by atoms with Gasteiger partial charge in [-0.15, -0.1) is 0 Å². The van der Waals surface area contributed by atoms with Gasteiger partial charge in [0.05, 0.1) is 0 Å². The van der Waals surface area contributed by atoms with Crippen LogP contribution >= 0.6 is 7.60 Å². The minimum Gasteiger partial charge on any atom is -0.481 e. The van der Waals surface area contributed by atoms with Gasteiger partial charge in [0.15, 0.2) is 18.9 Å². The Labute approximate surface area is 103 Å². The second-order valence-electron chi connectivity index (χ2n) is 3.33. The molecule has 0 aromatic heterocycles. The fraction of sp³-hybridized carbons (Fsp3) is 0.857. The molecule has 0 saturated heterocycles. The highest BCUT2D eigenvalue weighted by atomic mass is 31.2. The lowest BCUT2D eigenvalue weighted by atomic mass is 10.5. The molecule has 0 spiro atoms. The zero-order chi connectivity index (χ0) is 15.5. The van der Waals surface area contributed by atoms with Crippen LogP contribution in [0.15, 0.2) is 0 Å². The van der Waals surface area contributed by atoms with E-state index in [1.165, 1.54) is 0 Å². The molecule has 0 fully saturated rings. The number of carboxylic acids is 1. The smallest absolute Gasteiger partial charge is 0.412 e. The zero-order valence-corrected chi connectivity index (χ0v) is 10.2. The van der Waals surface area contributed by atoms with Crippen molar-refractivity contribution in [2.75, 3.05) is 13.2 Å². The molecule has 0 aromatic carbocycles. The number of hydrogen-bond donors (Lipinski definition) is 1. The molecule has 0 bridgehead atoms. The van der Waals surface area contributed by atoms with Crippen molar-refractivity contribution in [3.8, 4) is 0 Å². The molecule has 5 nitrogen and oxygen atoms in total. The SMILES string of the molecule is CC(C(=O)O)P(=O)(OCC(F)(F)F)OCC(F)(F)F. The van der Waals surface area contributed by atoms with Gasteiger partial charge < -0.3 is 5.11 Å². The Morgan fingerprint density at radius 3 is 1.63 bits per heavy atom. The van der Waals surface area contributed by atoms with Crippen molar-refractivity contribution in [1.82, 2.24) is 0 Å². The van der Waals surface area contributed by atoms with Gasteiger partial charge in [0.25, 0.3) is 0 Å². The normalized spacial score (nSPS) is 15.3. The highest BCUT2D eigenvalue weighted by Gasteiger charge is 2.44. The number of halogens is 6. The molecule has 0 rings (SSSR count). The van der Waals surface area contributed by atoms with Crippen molar-refractivity contribution in [3.05, 3.63) is 0 Å². The van der Waals surface area contributed by atoms with Gasteiger partial charge in [-0.25, -0.2) is 0 Å². The number of carbonyl (C=O) groups is 1. The Bertz CT molecular complexity index is 342. The first-order chi connectivity index (χ1) is 8.27. The van der Waals surface area contributed by atoms with Crippen LogP contribution in [0, 0.1) is 0 Å². The van der Waals surface area contributed by atoms with E-state index in [9.17, 15) is 35.7 Å². The summed E-state index contributed by atoms with van der Waals surface area (Å²) in [4.78, 5) is 10.5. The fourth-order valence-electron chi connectivity index (χ4n) is 0.722. The van der Waals surface area contributed by atoms with Gasteiger partial charge in [-0.1, -0.05) is 0 Å². The van der Waals surface area contributed by atoms with Crippen molar-refractivity contribution >= 4 is 13.6 Å². The number of carboxylic acid groups (broad SMARTS) is 1. The second-order valence-corrected chi connectivity index (χ2v) is 5.70. The third-order valence-corrected chi connectivity index (χ3v) is 3.80. The molecule has 1 unspecified atom stereocenters. The Morgan fingerprint density at radius 1 is 1.11 bits per heavy atom. The van der Waals surface area contributed by atoms with Crippen molar-refractivity contribution in [2.24, 2.45) is 0 Å². The summed E-state index contributed by atoms with van der Waals surface area (Å²) < 4.78 is 90.2. The summed E-state index contributed by atoms with van der Waals surface area (Å²) in [6, 6.07) is 0. The lowest BCUT2D eigenvalue weighted by Crippen LogP contribution is -2.26. The molecule has 0 heterocycles. The molecule has 0 radical (unpaired) electrons. The number of aliphatic carboxylic acids is 1. The summed E-state index contributed by atoms with van der Waals surface area (Å²) in [6.07, 6.45) is -9.98. The average Bonchev–Trinajstić information content (AvgIpc) is 2.20. The maximum atomic E-state index is 11.9. The van der Waals surface area contributed by atoms with Crippen molar-refractivity contribution < 1.29 is 49.9 Å². The Hall–Kier alpha value is -0.800. The van der Waals surface area contributed by atoms with Gasteiger partial charge in [-0.05, 0) is 6.92 Å². The third-order valence-electron chi connectivity index (χ3n) is 1.65. The molecule has 0 aliphatic heterocycles. The van der Waals surface area contributed by atoms with E-state index < -0.39 is 44.8 Å². The molecule has 0 saturated carbocycles. The lowest BCUT2D eigenvalue weighted by molar-refractivity contribution is -0.166. The monoisotopic (exact) mass is 318 g/mol. The Balaban J connectivity index is 4.93. The van der Waals surface area contributed by atoms with Crippen LogP contribution in [-0.4, -0.2) is 42.3 Å². The molecule has 0 aromatic rings. The molecule has 0 amide bonds. The number of hydrogen-bond acceptors (Lipinski definition) is 4. The first kappa shape index (κ1) is 18.2. The predicted molar refractivity (Wildman–Crippen MR) is 48.7 cm³/mol. The molecule has 1 atom stereocenters. The van der Waals surface area contributed by atoms with E-state index in [1.807, 2.05) is 0 Å². The number of rotatable bonds is 6. The van der Waals surface area contributed by atoms with Gasteiger partial charge in [0.2, 0.25) is 0 Å². The van der Waals surface area contributed by atoms with E-state index in [4.69, 9.17) is 5.11 Å². The Kier molecular flexibility index (Phi) is 5.84. The van der Waals surface area contributed by atoms with Gasteiger partial charge in [-0.2, -0.15) is 26.3 Å². The summed E-state index contributed by atoms with van der Waals surface area (Å²) in [6.45, 7) is -3.74. The highest BCUT2D eigenvalue weighted by Crippen LogP contribution is 2.54. The largest absolute Gasteiger partial charge is 0.481 e. The highest BCUT2D eigenvalue weighted by molar-refractivity contribution is 7.55. The van der Waals surface area contributed by atoms with E-state index in [-0.39, 0.29) is 0 Å². The first-order valence-corrected chi connectivity index (χ1v) is 6.13. The van der Waals surface area contributed by atoms with Crippen LogP contribution in [0.5, 0.6) is 0 Å². The standard InChI is InChI=1S/C7H9F6O5P/c1-4(5(14)15)19(16,17-2-6(8,9)10)18-3-7(11,12)13/h4H,2-3H2,1H3,(H,14,15). The van der Waals surface area contributed by atoms with E-state index in [2.05, 4.69) is 9.05 Å². The molecule has 0 aliphatic rings. The van der Waals surface area contributed by atoms with E-state index in [1.54, 1.807) is 0 Å². The maximum Gasteiger partial charge on any atom is 0.412 e. The molecule has 19 heavy (non-hydrogen) atoms. The quantitative estimate of drug-likeness (QED) is 0.602. The Morgan fingerprint density at radius 2 is 1.42 bits per heavy atom. The maximum absolute atomic E-state index is 11.9. The predicted octanol–water partition coefficient (Wildman–Crippen LogP) is 2.81. The minimum atomic E-state index is -5.10. The van der Waals surface area contributed by atoms with Crippen LogP contribution in [0.1, 0.15) is 6.92 Å². The van der Waals surface area contributed by atoms with E-state index in [0.29, 0.717) is 6.92 Å². The van der Waals surface area contributed by atoms with Gasteiger partial charge >= 0.3 is 25.9 Å². The van der Waals surface area contributed by atoms with Gasteiger partial charge in [-0.3, -0.25) is 18.4 Å².